The molecule has 0 radical (unpaired) electrons. The van der Waals surface area contributed by atoms with Gasteiger partial charge in [0.15, 0.2) is 5.78 Å². The Morgan fingerprint density at radius 3 is 2.39 bits per heavy atom. The van der Waals surface area contributed by atoms with Crippen molar-refractivity contribution in [1.82, 2.24) is 0 Å². The molecule has 0 heterocycles. The van der Waals surface area contributed by atoms with Crippen LogP contribution >= 0.6 is 0 Å². The third-order valence-electron chi connectivity index (χ3n) is 3.21. The minimum Gasteiger partial charge on any atom is -0.289 e. The van der Waals surface area contributed by atoms with E-state index in [2.05, 4.69) is 0 Å². The molecule has 0 N–H and O–H groups in total. The van der Waals surface area contributed by atoms with Crippen molar-refractivity contribution in [1.29, 1.82) is 0 Å². The van der Waals surface area contributed by atoms with E-state index in [1.165, 1.54) is 6.07 Å². The Balaban J connectivity index is 2.25. The number of rotatable bonds is 0. The summed E-state index contributed by atoms with van der Waals surface area (Å²) in [6, 6.07) is 7.26. The van der Waals surface area contributed by atoms with E-state index in [1.54, 1.807) is 24.3 Å². The van der Waals surface area contributed by atoms with E-state index in [4.69, 9.17) is 6.85 Å². The van der Waals surface area contributed by atoms with Gasteiger partial charge in [-0.15, -0.1) is 0 Å². The molecule has 0 aliphatic heterocycles. The lowest BCUT2D eigenvalue weighted by atomic mass is 10.0. The van der Waals surface area contributed by atoms with E-state index in [1.807, 2.05) is 0 Å². The molecule has 1 heteroatoms. The fraction of sp³-hybridized carbons (Fsp3) is 0. The lowest BCUT2D eigenvalue weighted by Gasteiger charge is -2.02. The number of benzene rings is 3. The molecular formula is C17H10O. The van der Waals surface area contributed by atoms with Crippen molar-refractivity contribution in [3.63, 3.8) is 0 Å². The Kier molecular flexibility index (Phi) is 1.09. The van der Waals surface area contributed by atoms with Crippen LogP contribution in [0.15, 0.2) is 60.5 Å². The second kappa shape index (κ2) is 3.30. The van der Waals surface area contributed by atoms with Gasteiger partial charge < -0.3 is 0 Å². The predicted molar refractivity (Wildman–Crippen MR) is 72.8 cm³/mol. The number of fused-ring (bicyclic) bond motifs is 4. The smallest absolute Gasteiger partial charge is 0.194 e. The van der Waals surface area contributed by atoms with Crippen LogP contribution in [0.25, 0.3) is 21.9 Å². The molecule has 0 unspecified atom stereocenters. The number of carbonyl (C=O) groups is 1. The molecule has 0 fully saturated rings. The maximum absolute atomic E-state index is 12.6. The molecule has 1 nitrogen and oxygen atoms in total. The molecule has 0 saturated heterocycles. The van der Waals surface area contributed by atoms with Gasteiger partial charge >= 0.3 is 0 Å². The highest BCUT2D eigenvalue weighted by molar-refractivity contribution is 6.23. The Morgan fingerprint density at radius 2 is 1.56 bits per heavy atom. The molecule has 18 heavy (non-hydrogen) atoms. The number of ketones is 1. The molecule has 0 saturated carbocycles. The summed E-state index contributed by atoms with van der Waals surface area (Å²) >= 11 is 0. The van der Waals surface area contributed by atoms with E-state index >= 15 is 0 Å². The summed E-state index contributed by atoms with van der Waals surface area (Å²) in [7, 11) is 0. The quantitative estimate of drug-likeness (QED) is 0.449. The lowest BCUT2D eigenvalue weighted by molar-refractivity contribution is 0.104. The molecule has 1 aliphatic carbocycles. The Morgan fingerprint density at radius 1 is 0.833 bits per heavy atom. The topological polar surface area (TPSA) is 17.1 Å². The molecule has 1 aliphatic rings. The van der Waals surface area contributed by atoms with Crippen LogP contribution in [-0.4, -0.2) is 5.78 Å². The third kappa shape index (κ3) is 1.13. The second-order valence-corrected chi connectivity index (χ2v) is 4.22. The highest BCUT2D eigenvalue weighted by Crippen LogP contribution is 2.38. The Bertz CT molecular complexity index is 1040. The summed E-state index contributed by atoms with van der Waals surface area (Å²) in [5.41, 5.74) is 1.92. The zero-order chi connectivity index (χ0) is 16.5. The van der Waals surface area contributed by atoms with Gasteiger partial charge in [-0.25, -0.2) is 0 Å². The summed E-state index contributed by atoms with van der Waals surface area (Å²) < 4.78 is 40.1. The van der Waals surface area contributed by atoms with Crippen molar-refractivity contribution in [3.8, 4) is 11.1 Å². The fourth-order valence-corrected chi connectivity index (χ4v) is 2.37. The first-order chi connectivity index (χ1) is 10.9. The van der Waals surface area contributed by atoms with Crippen molar-refractivity contribution < 1.29 is 11.6 Å². The Hall–Kier alpha value is -2.41. The molecule has 0 atom stereocenters. The van der Waals surface area contributed by atoms with Crippen LogP contribution < -0.4 is 0 Å². The first-order valence-corrected chi connectivity index (χ1v) is 5.61. The van der Waals surface area contributed by atoms with Crippen LogP contribution in [0, 0.1) is 0 Å². The normalized spacial score (nSPS) is 16.4. The van der Waals surface area contributed by atoms with Crippen molar-refractivity contribution in [2.24, 2.45) is 0 Å². The van der Waals surface area contributed by atoms with Gasteiger partial charge in [0, 0.05) is 11.1 Å². The van der Waals surface area contributed by atoms with Gasteiger partial charge in [-0.1, -0.05) is 48.4 Å². The van der Waals surface area contributed by atoms with Gasteiger partial charge in [0.2, 0.25) is 0 Å². The number of hydrogen-bond acceptors (Lipinski definition) is 1. The van der Waals surface area contributed by atoms with Crippen molar-refractivity contribution >= 4 is 16.6 Å². The van der Waals surface area contributed by atoms with E-state index in [0.717, 1.165) is 0 Å². The fourth-order valence-electron chi connectivity index (χ4n) is 2.37. The minimum atomic E-state index is -0.367. The van der Waals surface area contributed by atoms with Crippen molar-refractivity contribution in [3.05, 3.63) is 71.7 Å². The number of hydrogen-bond donors (Lipinski definition) is 0. The maximum atomic E-state index is 12.6. The predicted octanol–water partition coefficient (Wildman–Crippen LogP) is 4.05. The monoisotopic (exact) mass is 235 g/mol. The van der Waals surface area contributed by atoms with Crippen LogP contribution in [0.5, 0.6) is 0 Å². The Labute approximate surface area is 112 Å². The average Bonchev–Trinajstić information content (AvgIpc) is 2.84. The summed E-state index contributed by atoms with van der Waals surface area (Å²) in [5, 5.41) is 0.361. The van der Waals surface area contributed by atoms with E-state index in [9.17, 15) is 4.79 Å². The molecular weight excluding hydrogens is 220 g/mol. The first kappa shape index (κ1) is 5.96. The van der Waals surface area contributed by atoms with E-state index < -0.39 is 0 Å². The summed E-state index contributed by atoms with van der Waals surface area (Å²) in [5.74, 6) is -0.210. The minimum absolute atomic E-state index is 0.0252. The number of carbonyl (C=O) groups excluding carboxylic acids is 1. The summed E-state index contributed by atoms with van der Waals surface area (Å²) in [6.45, 7) is 0. The molecule has 0 spiro atoms. The highest BCUT2D eigenvalue weighted by Gasteiger charge is 2.26. The van der Waals surface area contributed by atoms with Crippen LogP contribution in [0.3, 0.4) is 0 Å². The van der Waals surface area contributed by atoms with Gasteiger partial charge in [-0.3, -0.25) is 4.79 Å². The molecule has 0 aromatic heterocycles. The van der Waals surface area contributed by atoms with Crippen molar-refractivity contribution in [2.45, 2.75) is 0 Å². The average molecular weight is 235 g/mol. The molecule has 3 aromatic rings. The van der Waals surface area contributed by atoms with Gasteiger partial charge in [0.1, 0.15) is 0 Å². The zero-order valence-electron chi connectivity index (χ0n) is 14.3. The third-order valence-corrected chi connectivity index (χ3v) is 3.21. The first-order valence-electron chi connectivity index (χ1n) is 8.11. The molecule has 0 amide bonds. The van der Waals surface area contributed by atoms with Gasteiger partial charge in [-0.2, -0.15) is 0 Å². The second-order valence-electron chi connectivity index (χ2n) is 4.22. The van der Waals surface area contributed by atoms with Gasteiger partial charge in [0.05, 0.1) is 6.85 Å². The van der Waals surface area contributed by atoms with Gasteiger partial charge in [-0.05, 0) is 34.0 Å². The van der Waals surface area contributed by atoms with Gasteiger partial charge in [0.25, 0.3) is 0 Å². The maximum Gasteiger partial charge on any atom is 0.194 e. The van der Waals surface area contributed by atoms with Crippen LogP contribution in [0.2, 0.25) is 0 Å². The summed E-state index contributed by atoms with van der Waals surface area (Å²) in [6.07, 6.45) is 0. The van der Waals surface area contributed by atoms with E-state index in [-0.39, 0.29) is 46.8 Å². The van der Waals surface area contributed by atoms with Crippen molar-refractivity contribution in [2.75, 3.05) is 0 Å². The van der Waals surface area contributed by atoms with Crippen LogP contribution in [0.4, 0.5) is 0 Å². The lowest BCUT2D eigenvalue weighted by Crippen LogP contribution is -1.94. The standard InChI is InChI=1S/C17H10O/c18-17-14-8-4-3-7-13(14)15-9-11-5-1-2-6-12(11)10-16(15)17/h1-10H/i1D,2D,5D,6D,9D. The summed E-state index contributed by atoms with van der Waals surface area (Å²) in [4.78, 5) is 12.6. The highest BCUT2D eigenvalue weighted by atomic mass is 16.1. The van der Waals surface area contributed by atoms with Crippen LogP contribution in [0.1, 0.15) is 22.8 Å². The SMILES string of the molecule is [2H]c1c([2H])c([2H])c2c([2H])c3c(cc2c1[2H])C(=O)c1ccccc1-3. The van der Waals surface area contributed by atoms with Crippen LogP contribution in [-0.2, 0) is 0 Å². The molecule has 3 aromatic carbocycles. The van der Waals surface area contributed by atoms with E-state index in [0.29, 0.717) is 22.3 Å². The molecule has 0 bridgehead atoms. The largest absolute Gasteiger partial charge is 0.289 e. The molecule has 4 rings (SSSR count). The molecule has 84 valence electrons. The zero-order valence-corrected chi connectivity index (χ0v) is 9.29.